The van der Waals surface area contributed by atoms with Gasteiger partial charge in [-0.3, -0.25) is 0 Å². The summed E-state index contributed by atoms with van der Waals surface area (Å²) < 4.78 is 14.1. The highest BCUT2D eigenvalue weighted by Crippen LogP contribution is 2.33. The lowest BCUT2D eigenvalue weighted by molar-refractivity contribution is 0.552. The largest absolute Gasteiger partial charge is 0.366 e. The van der Waals surface area contributed by atoms with Gasteiger partial charge < -0.3 is 9.80 Å². The molecule has 0 radical (unpaired) electrons. The maximum absolute atomic E-state index is 14.1. The molecule has 1 aromatic carbocycles. The third kappa shape index (κ3) is 4.10. The monoisotopic (exact) mass is 328 g/mol. The van der Waals surface area contributed by atoms with Crippen molar-refractivity contribution in [3.05, 3.63) is 47.4 Å². The quantitative estimate of drug-likeness (QED) is 0.579. The van der Waals surface area contributed by atoms with E-state index in [1.807, 2.05) is 55.9 Å². The number of anilines is 2. The normalized spacial score (nSPS) is 11.1. The Morgan fingerprint density at radius 3 is 2.62 bits per heavy atom. The number of halogens is 1. The van der Waals surface area contributed by atoms with E-state index in [9.17, 15) is 4.39 Å². The van der Waals surface area contributed by atoms with Crippen molar-refractivity contribution >= 4 is 23.5 Å². The van der Waals surface area contributed by atoms with Crippen LogP contribution >= 0.6 is 0 Å². The first kappa shape index (κ1) is 17.9. The molecule has 24 heavy (non-hydrogen) atoms. The van der Waals surface area contributed by atoms with Gasteiger partial charge >= 0.3 is 0 Å². The van der Waals surface area contributed by atoms with Crippen LogP contribution in [0.5, 0.6) is 0 Å². The van der Waals surface area contributed by atoms with E-state index >= 15 is 0 Å². The molecule has 0 saturated heterocycles. The van der Waals surface area contributed by atoms with Crippen LogP contribution in [-0.2, 0) is 6.42 Å². The Labute approximate surface area is 143 Å². The lowest BCUT2D eigenvalue weighted by Crippen LogP contribution is -2.15. The van der Waals surface area contributed by atoms with Gasteiger partial charge in [-0.2, -0.15) is 0 Å². The highest BCUT2D eigenvalue weighted by molar-refractivity contribution is 5.72. The van der Waals surface area contributed by atoms with Crippen LogP contribution in [0.15, 0.2) is 35.3 Å². The van der Waals surface area contributed by atoms with Gasteiger partial charge in [-0.15, -0.1) is 0 Å². The fourth-order valence-corrected chi connectivity index (χ4v) is 2.35. The van der Waals surface area contributed by atoms with Crippen LogP contribution in [0.4, 0.5) is 21.6 Å². The summed E-state index contributed by atoms with van der Waals surface area (Å²) in [7, 11) is 3.83. The number of rotatable bonds is 6. The fraction of sp³-hybridized carbons (Fsp3) is 0.368. The summed E-state index contributed by atoms with van der Waals surface area (Å²) in [4.78, 5) is 12.9. The van der Waals surface area contributed by atoms with Gasteiger partial charge in [0.05, 0.1) is 17.7 Å². The second-order valence-corrected chi connectivity index (χ2v) is 5.79. The van der Waals surface area contributed by atoms with E-state index in [1.165, 1.54) is 12.1 Å². The molecule has 0 aliphatic heterocycles. The standard InChI is InChI=1S/C19H25FN4/c1-6-16-9-8-10-19(22-16)24(5)18-12-15(20)11-17(14(18)3)21-13-23(4)7-2/h8-13H,6-7H2,1-5H3. The number of hydrogen-bond donors (Lipinski definition) is 0. The van der Waals surface area contributed by atoms with Gasteiger partial charge in [0.15, 0.2) is 0 Å². The number of pyridine rings is 1. The maximum atomic E-state index is 14.1. The molecule has 0 aliphatic rings. The Morgan fingerprint density at radius 2 is 1.96 bits per heavy atom. The number of nitrogens with zero attached hydrogens (tertiary/aromatic N) is 4. The molecule has 0 unspecified atom stereocenters. The molecule has 5 heteroatoms. The summed E-state index contributed by atoms with van der Waals surface area (Å²) in [5.41, 5.74) is 3.32. The minimum atomic E-state index is -0.305. The predicted octanol–water partition coefficient (Wildman–Crippen LogP) is 4.47. The van der Waals surface area contributed by atoms with E-state index in [1.54, 1.807) is 6.34 Å². The maximum Gasteiger partial charge on any atom is 0.132 e. The van der Waals surface area contributed by atoms with Crippen molar-refractivity contribution in [2.75, 3.05) is 25.5 Å². The molecule has 0 saturated carbocycles. The summed E-state index contributed by atoms with van der Waals surface area (Å²) in [6, 6.07) is 8.88. The van der Waals surface area contributed by atoms with Gasteiger partial charge in [0.2, 0.25) is 0 Å². The minimum absolute atomic E-state index is 0.305. The van der Waals surface area contributed by atoms with Crippen LogP contribution in [0.2, 0.25) is 0 Å². The SMILES string of the molecule is CCc1cccc(N(C)c2cc(F)cc(N=CN(C)CC)c2C)n1. The number of aryl methyl sites for hydroxylation is 1. The molecule has 1 heterocycles. The average Bonchev–Trinajstić information content (AvgIpc) is 2.61. The molecule has 2 rings (SSSR count). The zero-order valence-electron chi connectivity index (χ0n) is 15.0. The molecular formula is C19H25FN4. The first-order chi connectivity index (χ1) is 11.5. The van der Waals surface area contributed by atoms with Gasteiger partial charge in [0, 0.05) is 26.3 Å². The highest BCUT2D eigenvalue weighted by atomic mass is 19.1. The summed E-state index contributed by atoms with van der Waals surface area (Å²) in [6.45, 7) is 6.90. The number of aromatic nitrogens is 1. The lowest BCUT2D eigenvalue weighted by Gasteiger charge is -2.22. The summed E-state index contributed by atoms with van der Waals surface area (Å²) >= 11 is 0. The topological polar surface area (TPSA) is 31.7 Å². The molecule has 0 amide bonds. The molecule has 0 N–H and O–H groups in total. The number of benzene rings is 1. The second kappa shape index (κ2) is 7.90. The van der Waals surface area contributed by atoms with E-state index in [4.69, 9.17) is 0 Å². The molecule has 0 atom stereocenters. The molecular weight excluding hydrogens is 303 g/mol. The molecule has 1 aromatic heterocycles. The summed E-state index contributed by atoms with van der Waals surface area (Å²) in [5.74, 6) is 0.490. The summed E-state index contributed by atoms with van der Waals surface area (Å²) in [5, 5.41) is 0. The Kier molecular flexibility index (Phi) is 5.90. The Bertz CT molecular complexity index is 727. The lowest BCUT2D eigenvalue weighted by atomic mass is 10.1. The van der Waals surface area contributed by atoms with Crippen LogP contribution in [-0.4, -0.2) is 36.9 Å². The van der Waals surface area contributed by atoms with Crippen LogP contribution < -0.4 is 4.90 Å². The van der Waals surface area contributed by atoms with Crippen LogP contribution in [0.25, 0.3) is 0 Å². The minimum Gasteiger partial charge on any atom is -0.366 e. The molecule has 0 aliphatic carbocycles. The molecule has 128 valence electrons. The Morgan fingerprint density at radius 1 is 1.21 bits per heavy atom. The van der Waals surface area contributed by atoms with E-state index in [0.29, 0.717) is 5.69 Å². The van der Waals surface area contributed by atoms with Crippen molar-refractivity contribution in [3.8, 4) is 0 Å². The molecule has 0 fully saturated rings. The average molecular weight is 328 g/mol. The molecule has 2 aromatic rings. The molecule has 0 spiro atoms. The van der Waals surface area contributed by atoms with E-state index in [2.05, 4.69) is 16.9 Å². The third-order valence-corrected chi connectivity index (χ3v) is 4.07. The van der Waals surface area contributed by atoms with E-state index in [-0.39, 0.29) is 5.82 Å². The van der Waals surface area contributed by atoms with Crippen LogP contribution in [0, 0.1) is 12.7 Å². The van der Waals surface area contributed by atoms with E-state index < -0.39 is 0 Å². The first-order valence-electron chi connectivity index (χ1n) is 8.20. The van der Waals surface area contributed by atoms with Crippen molar-refractivity contribution in [2.24, 2.45) is 4.99 Å². The molecule has 0 bridgehead atoms. The Hall–Kier alpha value is -2.43. The smallest absolute Gasteiger partial charge is 0.132 e. The fourth-order valence-electron chi connectivity index (χ4n) is 2.35. The first-order valence-corrected chi connectivity index (χ1v) is 8.20. The van der Waals surface area contributed by atoms with Crippen molar-refractivity contribution in [1.29, 1.82) is 0 Å². The van der Waals surface area contributed by atoms with Gasteiger partial charge in [-0.1, -0.05) is 13.0 Å². The number of hydrogen-bond acceptors (Lipinski definition) is 3. The van der Waals surface area contributed by atoms with Gasteiger partial charge in [-0.25, -0.2) is 14.4 Å². The van der Waals surface area contributed by atoms with Gasteiger partial charge in [0.1, 0.15) is 11.6 Å². The zero-order valence-corrected chi connectivity index (χ0v) is 15.0. The Balaban J connectivity index is 2.42. The summed E-state index contributed by atoms with van der Waals surface area (Å²) in [6.07, 6.45) is 2.59. The van der Waals surface area contributed by atoms with Crippen LogP contribution in [0.1, 0.15) is 25.1 Å². The van der Waals surface area contributed by atoms with Gasteiger partial charge in [0.25, 0.3) is 0 Å². The van der Waals surface area contributed by atoms with E-state index in [0.717, 1.165) is 35.7 Å². The van der Waals surface area contributed by atoms with Crippen molar-refractivity contribution in [3.63, 3.8) is 0 Å². The second-order valence-electron chi connectivity index (χ2n) is 5.79. The highest BCUT2D eigenvalue weighted by Gasteiger charge is 2.13. The number of aliphatic imine (C=N–C) groups is 1. The third-order valence-electron chi connectivity index (χ3n) is 4.07. The van der Waals surface area contributed by atoms with Crippen molar-refractivity contribution in [1.82, 2.24) is 9.88 Å². The van der Waals surface area contributed by atoms with Crippen molar-refractivity contribution < 1.29 is 4.39 Å². The van der Waals surface area contributed by atoms with Gasteiger partial charge in [-0.05, 0) is 50.1 Å². The van der Waals surface area contributed by atoms with Crippen LogP contribution in [0.3, 0.4) is 0 Å². The zero-order chi connectivity index (χ0) is 17.7. The van der Waals surface area contributed by atoms with Crippen molar-refractivity contribution in [2.45, 2.75) is 27.2 Å². The predicted molar refractivity (Wildman–Crippen MR) is 99.3 cm³/mol. The molecule has 4 nitrogen and oxygen atoms in total.